The van der Waals surface area contributed by atoms with Gasteiger partial charge in [-0.25, -0.2) is 0 Å². The lowest BCUT2D eigenvalue weighted by Gasteiger charge is -2.28. The van der Waals surface area contributed by atoms with Crippen molar-refractivity contribution >= 4 is 5.91 Å². The Morgan fingerprint density at radius 3 is 2.29 bits per heavy atom. The highest BCUT2D eigenvalue weighted by Gasteiger charge is 2.28. The SMILES string of the molecule is O=C(C1CCC(O)CC1)N1CC=CC1. The predicted octanol–water partition coefficient (Wildman–Crippen LogP) is 0.936. The lowest BCUT2D eigenvalue weighted by atomic mass is 9.86. The molecule has 0 aromatic heterocycles. The minimum atomic E-state index is -0.171. The molecule has 78 valence electrons. The monoisotopic (exact) mass is 195 g/mol. The molecule has 1 aliphatic heterocycles. The molecule has 0 atom stereocenters. The topological polar surface area (TPSA) is 40.5 Å². The molecule has 0 radical (unpaired) electrons. The standard InChI is InChI=1S/C11H17NO2/c13-10-5-3-9(4-6-10)11(14)12-7-1-2-8-12/h1-2,9-10,13H,3-8H2. The highest BCUT2D eigenvalue weighted by molar-refractivity contribution is 5.79. The summed E-state index contributed by atoms with van der Waals surface area (Å²) in [6, 6.07) is 0. The van der Waals surface area contributed by atoms with Gasteiger partial charge in [0.2, 0.25) is 5.91 Å². The van der Waals surface area contributed by atoms with Gasteiger partial charge in [-0.05, 0) is 25.7 Å². The number of carbonyl (C=O) groups is 1. The van der Waals surface area contributed by atoms with Crippen molar-refractivity contribution in [2.45, 2.75) is 31.8 Å². The molecule has 2 aliphatic rings. The summed E-state index contributed by atoms with van der Waals surface area (Å²) < 4.78 is 0. The summed E-state index contributed by atoms with van der Waals surface area (Å²) in [6.45, 7) is 1.55. The van der Waals surface area contributed by atoms with Gasteiger partial charge in [0.15, 0.2) is 0 Å². The van der Waals surface area contributed by atoms with Crippen molar-refractivity contribution in [1.82, 2.24) is 4.90 Å². The number of amides is 1. The Kier molecular flexibility index (Phi) is 2.87. The van der Waals surface area contributed by atoms with Gasteiger partial charge in [0, 0.05) is 19.0 Å². The number of nitrogens with zero attached hydrogens (tertiary/aromatic N) is 1. The molecule has 0 bridgehead atoms. The molecule has 1 N–H and O–H groups in total. The first kappa shape index (κ1) is 9.71. The molecular formula is C11H17NO2. The molecule has 1 saturated carbocycles. The van der Waals surface area contributed by atoms with Crippen molar-refractivity contribution in [1.29, 1.82) is 0 Å². The van der Waals surface area contributed by atoms with E-state index in [1.807, 2.05) is 17.1 Å². The van der Waals surface area contributed by atoms with Gasteiger partial charge in [-0.15, -0.1) is 0 Å². The molecule has 1 aliphatic carbocycles. The zero-order valence-electron chi connectivity index (χ0n) is 8.35. The fraction of sp³-hybridized carbons (Fsp3) is 0.727. The fourth-order valence-electron chi connectivity index (χ4n) is 2.24. The molecular weight excluding hydrogens is 178 g/mol. The minimum absolute atomic E-state index is 0.165. The van der Waals surface area contributed by atoms with Crippen LogP contribution in [-0.2, 0) is 4.79 Å². The number of aliphatic hydroxyl groups is 1. The Hall–Kier alpha value is -0.830. The number of hydrogen-bond acceptors (Lipinski definition) is 2. The maximum absolute atomic E-state index is 11.9. The molecule has 0 saturated heterocycles. The number of carbonyl (C=O) groups excluding carboxylic acids is 1. The molecule has 1 heterocycles. The smallest absolute Gasteiger partial charge is 0.226 e. The van der Waals surface area contributed by atoms with E-state index < -0.39 is 0 Å². The first-order valence-corrected chi connectivity index (χ1v) is 5.39. The van der Waals surface area contributed by atoms with Crippen molar-refractivity contribution in [2.75, 3.05) is 13.1 Å². The summed E-state index contributed by atoms with van der Waals surface area (Å²) in [6.07, 6.45) is 7.20. The zero-order chi connectivity index (χ0) is 9.97. The highest BCUT2D eigenvalue weighted by atomic mass is 16.3. The van der Waals surface area contributed by atoms with Crippen LogP contribution in [0.15, 0.2) is 12.2 Å². The molecule has 1 amide bonds. The summed E-state index contributed by atoms with van der Waals surface area (Å²) >= 11 is 0. The van der Waals surface area contributed by atoms with Crippen molar-refractivity contribution < 1.29 is 9.90 Å². The van der Waals surface area contributed by atoms with Crippen LogP contribution >= 0.6 is 0 Å². The normalized spacial score (nSPS) is 32.2. The molecule has 2 rings (SSSR count). The van der Waals surface area contributed by atoms with Crippen molar-refractivity contribution in [3.8, 4) is 0 Å². The Balaban J connectivity index is 1.85. The summed E-state index contributed by atoms with van der Waals surface area (Å²) in [4.78, 5) is 13.8. The summed E-state index contributed by atoms with van der Waals surface area (Å²) in [5, 5.41) is 9.34. The van der Waals surface area contributed by atoms with Crippen LogP contribution in [0.5, 0.6) is 0 Å². The third-order valence-electron chi connectivity index (χ3n) is 3.18. The quantitative estimate of drug-likeness (QED) is 0.632. The van der Waals surface area contributed by atoms with E-state index in [4.69, 9.17) is 0 Å². The van der Waals surface area contributed by atoms with Crippen LogP contribution < -0.4 is 0 Å². The number of aliphatic hydroxyl groups excluding tert-OH is 1. The first-order valence-electron chi connectivity index (χ1n) is 5.39. The minimum Gasteiger partial charge on any atom is -0.393 e. The molecule has 1 fully saturated rings. The molecule has 3 heteroatoms. The van der Waals surface area contributed by atoms with E-state index in [-0.39, 0.29) is 17.9 Å². The van der Waals surface area contributed by atoms with Crippen LogP contribution in [0.2, 0.25) is 0 Å². The third kappa shape index (κ3) is 1.98. The predicted molar refractivity (Wildman–Crippen MR) is 53.7 cm³/mol. The van der Waals surface area contributed by atoms with Gasteiger partial charge in [0.25, 0.3) is 0 Å². The van der Waals surface area contributed by atoms with Crippen molar-refractivity contribution in [2.24, 2.45) is 5.92 Å². The van der Waals surface area contributed by atoms with Gasteiger partial charge in [0.1, 0.15) is 0 Å². The summed E-state index contributed by atoms with van der Waals surface area (Å²) in [5.41, 5.74) is 0. The Labute approximate surface area is 84.4 Å². The van der Waals surface area contributed by atoms with Crippen LogP contribution in [0.4, 0.5) is 0 Å². The van der Waals surface area contributed by atoms with E-state index in [1.54, 1.807) is 0 Å². The van der Waals surface area contributed by atoms with Gasteiger partial charge in [-0.1, -0.05) is 12.2 Å². The largest absolute Gasteiger partial charge is 0.393 e. The van der Waals surface area contributed by atoms with Gasteiger partial charge < -0.3 is 10.0 Å². The summed E-state index contributed by atoms with van der Waals surface area (Å²) in [7, 11) is 0. The van der Waals surface area contributed by atoms with Crippen molar-refractivity contribution in [3.63, 3.8) is 0 Å². The second-order valence-corrected chi connectivity index (χ2v) is 4.22. The van der Waals surface area contributed by atoms with E-state index in [2.05, 4.69) is 0 Å². The van der Waals surface area contributed by atoms with Crippen LogP contribution in [0.25, 0.3) is 0 Å². The van der Waals surface area contributed by atoms with Crippen LogP contribution in [0.3, 0.4) is 0 Å². The lowest BCUT2D eigenvalue weighted by Crippen LogP contribution is -2.36. The van der Waals surface area contributed by atoms with Crippen LogP contribution in [-0.4, -0.2) is 35.1 Å². The maximum atomic E-state index is 11.9. The fourth-order valence-corrected chi connectivity index (χ4v) is 2.24. The van der Waals surface area contributed by atoms with Crippen molar-refractivity contribution in [3.05, 3.63) is 12.2 Å². The second kappa shape index (κ2) is 4.13. The maximum Gasteiger partial charge on any atom is 0.226 e. The molecule has 0 spiro atoms. The zero-order valence-corrected chi connectivity index (χ0v) is 8.35. The van der Waals surface area contributed by atoms with E-state index in [0.29, 0.717) is 0 Å². The summed E-state index contributed by atoms with van der Waals surface area (Å²) in [5.74, 6) is 0.445. The Bertz CT molecular complexity index is 234. The average molecular weight is 195 g/mol. The van der Waals surface area contributed by atoms with Crippen LogP contribution in [0, 0.1) is 5.92 Å². The van der Waals surface area contributed by atoms with E-state index >= 15 is 0 Å². The molecule has 3 nitrogen and oxygen atoms in total. The number of rotatable bonds is 1. The highest BCUT2D eigenvalue weighted by Crippen LogP contribution is 2.26. The van der Waals surface area contributed by atoms with Gasteiger partial charge in [0.05, 0.1) is 6.10 Å². The number of hydrogen-bond donors (Lipinski definition) is 1. The molecule has 0 unspecified atom stereocenters. The van der Waals surface area contributed by atoms with Gasteiger partial charge >= 0.3 is 0 Å². The Morgan fingerprint density at radius 1 is 1.14 bits per heavy atom. The van der Waals surface area contributed by atoms with E-state index in [0.717, 1.165) is 38.8 Å². The molecule has 14 heavy (non-hydrogen) atoms. The van der Waals surface area contributed by atoms with Crippen LogP contribution in [0.1, 0.15) is 25.7 Å². The van der Waals surface area contributed by atoms with E-state index in [9.17, 15) is 9.90 Å². The Morgan fingerprint density at radius 2 is 1.71 bits per heavy atom. The first-order chi connectivity index (χ1) is 6.77. The van der Waals surface area contributed by atoms with E-state index in [1.165, 1.54) is 0 Å². The van der Waals surface area contributed by atoms with Gasteiger partial charge in [-0.3, -0.25) is 4.79 Å². The second-order valence-electron chi connectivity index (χ2n) is 4.22. The average Bonchev–Trinajstić information content (AvgIpc) is 2.71. The van der Waals surface area contributed by atoms with Gasteiger partial charge in [-0.2, -0.15) is 0 Å². The molecule has 0 aromatic carbocycles. The third-order valence-corrected chi connectivity index (χ3v) is 3.18. The molecule has 0 aromatic rings. The lowest BCUT2D eigenvalue weighted by molar-refractivity contribution is -0.135.